The van der Waals surface area contributed by atoms with Crippen LogP contribution in [-0.2, 0) is 39.1 Å². The lowest BCUT2D eigenvalue weighted by atomic mass is 9.52. The molecule has 1 unspecified atom stereocenters. The lowest BCUT2D eigenvalue weighted by molar-refractivity contribution is -0.181. The number of carboxylic acid groups (broad SMARTS) is 1. The molecule has 2 saturated carbocycles. The Kier molecular flexibility index (Phi) is 7.05. The van der Waals surface area contributed by atoms with Gasteiger partial charge in [-0.3, -0.25) is 19.3 Å². The number of carbonyl (C=O) groups excluding carboxylic acids is 2. The van der Waals surface area contributed by atoms with Gasteiger partial charge >= 0.3 is 11.9 Å². The Bertz CT molecular complexity index is 1670. The van der Waals surface area contributed by atoms with Gasteiger partial charge in [0.1, 0.15) is 0 Å². The molecule has 4 aliphatic rings. The number of rotatable bonds is 8. The smallest absolute Gasteiger partial charge is 0.315 e. The zero-order chi connectivity index (χ0) is 30.8. The molecule has 2 aliphatic heterocycles. The van der Waals surface area contributed by atoms with Crippen molar-refractivity contribution in [3.63, 3.8) is 0 Å². The number of ketones is 1. The Morgan fingerprint density at radius 1 is 1.02 bits per heavy atom. The molecule has 1 saturated heterocycles. The highest BCUT2D eigenvalue weighted by Gasteiger charge is 2.70. The average Bonchev–Trinajstić information content (AvgIpc) is 3.74. The van der Waals surface area contributed by atoms with E-state index < -0.39 is 29.1 Å². The molecule has 2 N–H and O–H groups in total. The molecule has 2 heterocycles. The molecule has 230 valence electrons. The van der Waals surface area contributed by atoms with Crippen LogP contribution in [0.15, 0.2) is 48.5 Å². The van der Waals surface area contributed by atoms with E-state index in [9.17, 15) is 24.6 Å². The van der Waals surface area contributed by atoms with Crippen molar-refractivity contribution in [3.8, 4) is 11.5 Å². The fourth-order valence-electron chi connectivity index (χ4n) is 8.41. The molecule has 3 aromatic carbocycles. The van der Waals surface area contributed by atoms with Gasteiger partial charge in [0, 0.05) is 24.6 Å². The van der Waals surface area contributed by atoms with Crippen LogP contribution in [0.2, 0.25) is 0 Å². The summed E-state index contributed by atoms with van der Waals surface area (Å²) in [6.07, 6.45) is 3.31. The summed E-state index contributed by atoms with van der Waals surface area (Å²) in [5.74, 6) is -0.151. The molecular weight excluding hydrogens is 558 g/mol. The summed E-state index contributed by atoms with van der Waals surface area (Å²) in [6.45, 7) is 5.87. The second kappa shape index (κ2) is 10.7. The van der Waals surface area contributed by atoms with Gasteiger partial charge in [0.2, 0.25) is 0 Å². The Labute approximate surface area is 257 Å². The molecule has 3 aromatic rings. The SMILES string of the molecule is CCc1ccc(OC(=O)Cc2cccc3cccc(CC(=O)O)c23)c2c1[C@]13CCN(CC4CC4)C(C)[C@]1(O)CCC(=O)[C@@H]3O2. The minimum atomic E-state index is -1.17. The summed E-state index contributed by atoms with van der Waals surface area (Å²) < 4.78 is 12.5. The topological polar surface area (TPSA) is 113 Å². The van der Waals surface area contributed by atoms with Crippen molar-refractivity contribution in [1.82, 2.24) is 4.90 Å². The highest BCUT2D eigenvalue weighted by Crippen LogP contribution is 2.62. The number of ether oxygens (including phenoxy) is 2. The number of aliphatic hydroxyl groups is 1. The minimum Gasteiger partial charge on any atom is -0.481 e. The van der Waals surface area contributed by atoms with E-state index in [0.717, 1.165) is 35.0 Å². The zero-order valence-electron chi connectivity index (χ0n) is 25.3. The number of Topliss-reactive ketones (excluding diaryl/α,β-unsaturated/α-hetero) is 1. The molecular formula is C36H39NO7. The molecule has 1 spiro atoms. The standard InChI is InChI=1S/C36H39NO7/c1-3-23-12-13-28(43-30(41)19-26-9-5-7-24-6-4-8-25(31(24)26)18-29(39)40)33-32(23)35-16-17-37(20-22-10-11-22)21(2)36(35,42)15-14-27(38)34(35)44-33/h4-9,12-13,21-22,34,42H,3,10-11,14-20H2,1-2H3,(H,39,40)/t21?,34-,35-,36+/m0/s1. The number of likely N-dealkylation sites (tertiary alicyclic amines) is 1. The van der Waals surface area contributed by atoms with Crippen molar-refractivity contribution in [2.75, 3.05) is 13.1 Å². The summed E-state index contributed by atoms with van der Waals surface area (Å²) in [4.78, 5) is 41.0. The van der Waals surface area contributed by atoms with E-state index >= 15 is 0 Å². The van der Waals surface area contributed by atoms with Crippen LogP contribution < -0.4 is 9.47 Å². The van der Waals surface area contributed by atoms with Gasteiger partial charge in [0.05, 0.1) is 23.9 Å². The molecule has 8 nitrogen and oxygen atoms in total. The number of hydrogen-bond donors (Lipinski definition) is 2. The molecule has 4 atom stereocenters. The number of carboxylic acids is 1. The number of esters is 1. The molecule has 3 fully saturated rings. The van der Waals surface area contributed by atoms with Crippen molar-refractivity contribution in [3.05, 3.63) is 70.8 Å². The van der Waals surface area contributed by atoms with Crippen LogP contribution in [0.4, 0.5) is 0 Å². The quantitative estimate of drug-likeness (QED) is 0.282. The first-order valence-corrected chi connectivity index (χ1v) is 15.9. The fraction of sp³-hybridized carbons (Fsp3) is 0.472. The van der Waals surface area contributed by atoms with Crippen LogP contribution in [0.1, 0.15) is 68.2 Å². The normalized spacial score (nSPS) is 27.8. The molecule has 0 amide bonds. The molecule has 2 aliphatic carbocycles. The monoisotopic (exact) mass is 597 g/mol. The van der Waals surface area contributed by atoms with Crippen molar-refractivity contribution in [2.45, 2.75) is 88.4 Å². The van der Waals surface area contributed by atoms with Crippen LogP contribution in [0, 0.1) is 5.92 Å². The summed E-state index contributed by atoms with van der Waals surface area (Å²) in [5.41, 5.74) is 1.05. The molecule has 0 bridgehead atoms. The Morgan fingerprint density at radius 3 is 2.43 bits per heavy atom. The van der Waals surface area contributed by atoms with E-state index in [1.807, 2.05) is 36.4 Å². The van der Waals surface area contributed by atoms with Crippen molar-refractivity contribution in [1.29, 1.82) is 0 Å². The van der Waals surface area contributed by atoms with Gasteiger partial charge in [-0.05, 0) is 85.0 Å². The van der Waals surface area contributed by atoms with Gasteiger partial charge in [-0.25, -0.2) is 0 Å². The number of aliphatic carboxylic acids is 1. The highest BCUT2D eigenvalue weighted by molar-refractivity contribution is 5.94. The Balaban J connectivity index is 1.25. The average molecular weight is 598 g/mol. The molecule has 7 rings (SSSR count). The van der Waals surface area contributed by atoms with Crippen LogP contribution in [0.3, 0.4) is 0 Å². The van der Waals surface area contributed by atoms with Gasteiger partial charge < -0.3 is 19.7 Å². The summed E-state index contributed by atoms with van der Waals surface area (Å²) in [5, 5.41) is 23.7. The lowest BCUT2D eigenvalue weighted by Crippen LogP contribution is -2.74. The van der Waals surface area contributed by atoms with Gasteiger partial charge in [-0.1, -0.05) is 49.4 Å². The van der Waals surface area contributed by atoms with Crippen molar-refractivity contribution in [2.24, 2.45) is 5.92 Å². The van der Waals surface area contributed by atoms with E-state index in [4.69, 9.17) is 9.47 Å². The predicted molar refractivity (Wildman–Crippen MR) is 164 cm³/mol. The van der Waals surface area contributed by atoms with Crippen molar-refractivity contribution >= 4 is 28.5 Å². The molecule has 0 aromatic heterocycles. The van der Waals surface area contributed by atoms with Gasteiger partial charge in [0.25, 0.3) is 0 Å². The predicted octanol–water partition coefficient (Wildman–Crippen LogP) is 4.77. The van der Waals surface area contributed by atoms with E-state index in [0.29, 0.717) is 42.1 Å². The Hall–Kier alpha value is -3.75. The second-order valence-electron chi connectivity index (χ2n) is 13.2. The number of carbonyl (C=O) groups is 3. The maximum Gasteiger partial charge on any atom is 0.315 e. The fourth-order valence-corrected chi connectivity index (χ4v) is 8.41. The third-order valence-electron chi connectivity index (χ3n) is 10.7. The number of hydrogen-bond acceptors (Lipinski definition) is 7. The first-order chi connectivity index (χ1) is 21.2. The van der Waals surface area contributed by atoms with E-state index in [-0.39, 0.29) is 36.8 Å². The molecule has 0 radical (unpaired) electrons. The zero-order valence-corrected chi connectivity index (χ0v) is 25.3. The van der Waals surface area contributed by atoms with Crippen LogP contribution in [0.25, 0.3) is 10.8 Å². The second-order valence-corrected chi connectivity index (χ2v) is 13.2. The summed E-state index contributed by atoms with van der Waals surface area (Å²) in [6, 6.07) is 14.6. The van der Waals surface area contributed by atoms with E-state index in [1.165, 1.54) is 12.8 Å². The van der Waals surface area contributed by atoms with Crippen molar-refractivity contribution < 1.29 is 34.1 Å². The van der Waals surface area contributed by atoms with E-state index in [2.05, 4.69) is 18.7 Å². The van der Waals surface area contributed by atoms with Crippen LogP contribution in [0.5, 0.6) is 11.5 Å². The first kappa shape index (κ1) is 29.0. The molecule has 8 heteroatoms. The third-order valence-corrected chi connectivity index (χ3v) is 10.7. The lowest BCUT2D eigenvalue weighted by Gasteiger charge is -2.59. The number of nitrogens with zero attached hydrogens (tertiary/aromatic N) is 1. The number of piperidine rings is 1. The van der Waals surface area contributed by atoms with Gasteiger partial charge in [-0.2, -0.15) is 0 Å². The summed E-state index contributed by atoms with van der Waals surface area (Å²) >= 11 is 0. The van der Waals surface area contributed by atoms with Gasteiger partial charge in [0.15, 0.2) is 23.4 Å². The largest absolute Gasteiger partial charge is 0.481 e. The van der Waals surface area contributed by atoms with E-state index in [1.54, 1.807) is 12.1 Å². The maximum absolute atomic E-state index is 13.5. The first-order valence-electron chi connectivity index (χ1n) is 15.9. The third kappa shape index (κ3) is 4.45. The molecule has 44 heavy (non-hydrogen) atoms. The Morgan fingerprint density at radius 2 is 1.75 bits per heavy atom. The van der Waals surface area contributed by atoms with Crippen LogP contribution in [-0.4, -0.2) is 63.7 Å². The minimum absolute atomic E-state index is 0.0187. The van der Waals surface area contributed by atoms with Crippen LogP contribution >= 0.6 is 0 Å². The number of aryl methyl sites for hydroxylation is 1. The number of fused-ring (bicyclic) bond motifs is 2. The van der Waals surface area contributed by atoms with Gasteiger partial charge in [-0.15, -0.1) is 0 Å². The number of benzene rings is 3. The maximum atomic E-state index is 13.5. The summed E-state index contributed by atoms with van der Waals surface area (Å²) in [7, 11) is 0. The highest BCUT2D eigenvalue weighted by atomic mass is 16.6.